The van der Waals surface area contributed by atoms with E-state index >= 15 is 0 Å². The van der Waals surface area contributed by atoms with Crippen LogP contribution in [-0.2, 0) is 10.0 Å². The van der Waals surface area contributed by atoms with Gasteiger partial charge in [0.2, 0.25) is 0 Å². The van der Waals surface area contributed by atoms with E-state index in [0.29, 0.717) is 0 Å². The molecule has 0 radical (unpaired) electrons. The zero-order chi connectivity index (χ0) is 13.2. The maximum atomic E-state index is 11.9. The molecule has 0 unspecified atom stereocenters. The Balaban J connectivity index is 2.35. The number of nitrogens with one attached hydrogen (secondary N) is 1. The molecule has 0 amide bonds. The van der Waals surface area contributed by atoms with Gasteiger partial charge in [-0.3, -0.25) is 14.8 Å². The van der Waals surface area contributed by atoms with Crippen molar-refractivity contribution in [2.75, 3.05) is 4.72 Å². The molecule has 0 aliphatic carbocycles. The Kier molecular flexibility index (Phi) is 2.98. The zero-order valence-electron chi connectivity index (χ0n) is 8.81. The van der Waals surface area contributed by atoms with Crippen LogP contribution in [-0.4, -0.2) is 18.5 Å². The number of hydrogen-bond donors (Lipinski definition) is 1. The summed E-state index contributed by atoms with van der Waals surface area (Å²) in [5, 5.41) is 13.9. The first kappa shape index (κ1) is 12.0. The fourth-order valence-corrected chi connectivity index (χ4v) is 2.26. The van der Waals surface area contributed by atoms with Gasteiger partial charge >= 0.3 is 0 Å². The number of non-ortho nitro benzene ring substituents is 1. The van der Waals surface area contributed by atoms with Crippen molar-refractivity contribution in [1.29, 1.82) is 0 Å². The van der Waals surface area contributed by atoms with Crippen LogP contribution in [0.4, 0.5) is 11.5 Å². The highest BCUT2D eigenvalue weighted by molar-refractivity contribution is 7.92. The van der Waals surface area contributed by atoms with Crippen molar-refractivity contribution in [3.05, 3.63) is 46.7 Å². The average molecular weight is 269 g/mol. The van der Waals surface area contributed by atoms with Crippen LogP contribution in [0.1, 0.15) is 0 Å². The van der Waals surface area contributed by atoms with Gasteiger partial charge in [0, 0.05) is 18.2 Å². The molecule has 1 heterocycles. The second kappa shape index (κ2) is 4.45. The van der Waals surface area contributed by atoms with E-state index in [9.17, 15) is 18.5 Å². The van der Waals surface area contributed by atoms with E-state index in [0.717, 1.165) is 6.07 Å². The molecule has 1 aromatic heterocycles. The number of anilines is 1. The van der Waals surface area contributed by atoms with E-state index in [1.807, 2.05) is 0 Å². The Hall–Kier alpha value is -2.42. The summed E-state index contributed by atoms with van der Waals surface area (Å²) in [6.45, 7) is 0. The second-order valence-corrected chi connectivity index (χ2v) is 4.93. The molecule has 0 saturated heterocycles. The SMILES string of the molecule is O=[N+]([O-])c1cccc(S(=O)(=O)Nc2ccon2)c1. The molecule has 0 aliphatic rings. The highest BCUT2D eigenvalue weighted by Gasteiger charge is 2.18. The molecule has 94 valence electrons. The van der Waals surface area contributed by atoms with Gasteiger partial charge in [-0.1, -0.05) is 11.2 Å². The minimum atomic E-state index is -3.92. The van der Waals surface area contributed by atoms with E-state index < -0.39 is 14.9 Å². The molecule has 0 bridgehead atoms. The highest BCUT2D eigenvalue weighted by Crippen LogP contribution is 2.19. The van der Waals surface area contributed by atoms with Crippen LogP contribution >= 0.6 is 0 Å². The predicted molar refractivity (Wildman–Crippen MR) is 60.4 cm³/mol. The third kappa shape index (κ3) is 2.46. The van der Waals surface area contributed by atoms with Crippen molar-refractivity contribution in [3.63, 3.8) is 0 Å². The summed E-state index contributed by atoms with van der Waals surface area (Å²) in [6.07, 6.45) is 1.20. The van der Waals surface area contributed by atoms with Gasteiger partial charge < -0.3 is 4.52 Å². The van der Waals surface area contributed by atoms with Crippen molar-refractivity contribution < 1.29 is 17.9 Å². The lowest BCUT2D eigenvalue weighted by atomic mass is 10.3. The summed E-state index contributed by atoms with van der Waals surface area (Å²) in [7, 11) is -3.92. The fraction of sp³-hybridized carbons (Fsp3) is 0. The molecule has 0 spiro atoms. The van der Waals surface area contributed by atoms with Crippen LogP contribution in [0.25, 0.3) is 0 Å². The van der Waals surface area contributed by atoms with Crippen LogP contribution in [0.5, 0.6) is 0 Å². The number of sulfonamides is 1. The predicted octanol–water partition coefficient (Wildman–Crippen LogP) is 1.38. The molecule has 0 aliphatic heterocycles. The van der Waals surface area contributed by atoms with Gasteiger partial charge in [0.15, 0.2) is 5.82 Å². The normalized spacial score (nSPS) is 11.1. The maximum Gasteiger partial charge on any atom is 0.270 e. The average Bonchev–Trinajstić information content (AvgIpc) is 2.81. The zero-order valence-corrected chi connectivity index (χ0v) is 9.62. The molecule has 9 heteroatoms. The van der Waals surface area contributed by atoms with Crippen LogP contribution in [0.2, 0.25) is 0 Å². The van der Waals surface area contributed by atoms with E-state index in [2.05, 4.69) is 14.4 Å². The minimum Gasteiger partial charge on any atom is -0.363 e. The molecular formula is C9H7N3O5S. The van der Waals surface area contributed by atoms with Crippen LogP contribution in [0.15, 0.2) is 46.0 Å². The van der Waals surface area contributed by atoms with Crippen molar-refractivity contribution in [2.45, 2.75) is 4.90 Å². The van der Waals surface area contributed by atoms with E-state index in [-0.39, 0.29) is 16.4 Å². The Morgan fingerprint density at radius 2 is 2.11 bits per heavy atom. The van der Waals surface area contributed by atoms with Gasteiger partial charge in [0.1, 0.15) is 6.26 Å². The van der Waals surface area contributed by atoms with Gasteiger partial charge in [-0.2, -0.15) is 0 Å². The number of benzene rings is 1. The van der Waals surface area contributed by atoms with Gasteiger partial charge in [0.25, 0.3) is 15.7 Å². The number of aromatic nitrogens is 1. The van der Waals surface area contributed by atoms with Crippen molar-refractivity contribution in [1.82, 2.24) is 5.16 Å². The molecule has 8 nitrogen and oxygen atoms in total. The van der Waals surface area contributed by atoms with Crippen molar-refractivity contribution in [2.24, 2.45) is 0 Å². The smallest absolute Gasteiger partial charge is 0.270 e. The number of hydrogen-bond acceptors (Lipinski definition) is 6. The largest absolute Gasteiger partial charge is 0.363 e. The lowest BCUT2D eigenvalue weighted by Gasteiger charge is -2.04. The maximum absolute atomic E-state index is 11.9. The minimum absolute atomic E-state index is 0.00139. The molecule has 2 rings (SSSR count). The number of nitro groups is 1. The number of nitrogens with zero attached hydrogens (tertiary/aromatic N) is 2. The molecule has 2 aromatic rings. The summed E-state index contributed by atoms with van der Waals surface area (Å²) < 4.78 is 30.3. The quantitative estimate of drug-likeness (QED) is 0.662. The van der Waals surface area contributed by atoms with Crippen LogP contribution in [0, 0.1) is 10.1 Å². The standard InChI is InChI=1S/C9H7N3O5S/c13-12(14)7-2-1-3-8(6-7)18(15,16)11-9-4-5-17-10-9/h1-6H,(H,10,11). The topological polar surface area (TPSA) is 115 Å². The first-order valence-electron chi connectivity index (χ1n) is 4.67. The summed E-state index contributed by atoms with van der Waals surface area (Å²) in [5.41, 5.74) is -0.307. The summed E-state index contributed by atoms with van der Waals surface area (Å²) in [4.78, 5) is 9.67. The molecule has 1 N–H and O–H groups in total. The van der Waals surface area contributed by atoms with E-state index in [1.165, 1.54) is 30.5 Å². The Bertz CT molecular complexity index is 665. The third-order valence-corrected chi connectivity index (χ3v) is 3.37. The van der Waals surface area contributed by atoms with Crippen LogP contribution < -0.4 is 4.72 Å². The summed E-state index contributed by atoms with van der Waals surface area (Å²) in [5.74, 6) is 0.00139. The van der Waals surface area contributed by atoms with Gasteiger partial charge in [-0.05, 0) is 6.07 Å². The Morgan fingerprint density at radius 3 is 2.72 bits per heavy atom. The lowest BCUT2D eigenvalue weighted by molar-refractivity contribution is -0.385. The van der Waals surface area contributed by atoms with E-state index in [1.54, 1.807) is 0 Å². The lowest BCUT2D eigenvalue weighted by Crippen LogP contribution is -2.13. The van der Waals surface area contributed by atoms with Crippen molar-refractivity contribution in [3.8, 4) is 0 Å². The Morgan fingerprint density at radius 1 is 1.33 bits per heavy atom. The number of rotatable bonds is 4. The van der Waals surface area contributed by atoms with E-state index in [4.69, 9.17) is 0 Å². The molecule has 18 heavy (non-hydrogen) atoms. The first-order valence-corrected chi connectivity index (χ1v) is 6.15. The molecule has 0 atom stereocenters. The van der Waals surface area contributed by atoms with Gasteiger partial charge in [-0.15, -0.1) is 0 Å². The van der Waals surface area contributed by atoms with Gasteiger partial charge in [0.05, 0.1) is 9.82 Å². The fourth-order valence-electron chi connectivity index (χ4n) is 1.23. The third-order valence-electron chi connectivity index (χ3n) is 2.02. The molecular weight excluding hydrogens is 262 g/mol. The molecule has 0 saturated carbocycles. The van der Waals surface area contributed by atoms with Crippen LogP contribution in [0.3, 0.4) is 0 Å². The Labute approximate surface area is 101 Å². The molecule has 0 fully saturated rings. The highest BCUT2D eigenvalue weighted by atomic mass is 32.2. The first-order chi connectivity index (χ1) is 8.49. The molecule has 1 aromatic carbocycles. The number of nitro benzene ring substituents is 1. The summed E-state index contributed by atoms with van der Waals surface area (Å²) >= 11 is 0. The monoisotopic (exact) mass is 269 g/mol. The van der Waals surface area contributed by atoms with Crippen molar-refractivity contribution >= 4 is 21.5 Å². The van der Waals surface area contributed by atoms with Gasteiger partial charge in [-0.25, -0.2) is 8.42 Å². The summed E-state index contributed by atoms with van der Waals surface area (Å²) in [6, 6.07) is 6.01. The second-order valence-electron chi connectivity index (χ2n) is 3.24.